The Labute approximate surface area is 142 Å². The van der Waals surface area contributed by atoms with Crippen LogP contribution in [0.25, 0.3) is 0 Å². The van der Waals surface area contributed by atoms with E-state index < -0.39 is 0 Å². The fourth-order valence-electron chi connectivity index (χ4n) is 3.34. The lowest BCUT2D eigenvalue weighted by Gasteiger charge is -2.36. The summed E-state index contributed by atoms with van der Waals surface area (Å²) in [5.41, 5.74) is 2.01. The fourth-order valence-corrected chi connectivity index (χ4v) is 3.34. The van der Waals surface area contributed by atoms with E-state index in [0.29, 0.717) is 6.04 Å². The molecule has 5 heteroatoms. The third-order valence-corrected chi connectivity index (χ3v) is 4.56. The molecular weight excluding hydrogens is 305 g/mol. The second kappa shape index (κ2) is 7.62. The molecular formula is C19H24FN3O. The van der Waals surface area contributed by atoms with Gasteiger partial charge in [-0.1, -0.05) is 12.1 Å². The standard InChI is InChI=1S/C19H24FN3O/c1-14(15-10-16(20)12-21-11-15)22-17-6-5-9-23(13-17)18-7-3-4-8-19(18)24-2/h3-4,7-8,10-12,14,17,22H,5-6,9,13H2,1-2H3. The molecule has 1 aromatic heterocycles. The summed E-state index contributed by atoms with van der Waals surface area (Å²) >= 11 is 0. The number of methoxy groups -OCH3 is 1. The Hall–Kier alpha value is -2.14. The Balaban J connectivity index is 1.67. The van der Waals surface area contributed by atoms with E-state index in [0.717, 1.165) is 42.9 Å². The first-order chi connectivity index (χ1) is 11.7. The van der Waals surface area contributed by atoms with Crippen molar-refractivity contribution in [3.8, 4) is 5.75 Å². The number of rotatable bonds is 5. The number of hydrogen-bond donors (Lipinski definition) is 1. The van der Waals surface area contributed by atoms with Crippen LogP contribution in [0.1, 0.15) is 31.4 Å². The molecule has 4 nitrogen and oxygen atoms in total. The van der Waals surface area contributed by atoms with E-state index in [-0.39, 0.29) is 11.9 Å². The summed E-state index contributed by atoms with van der Waals surface area (Å²) in [7, 11) is 1.71. The van der Waals surface area contributed by atoms with Crippen molar-refractivity contribution < 1.29 is 9.13 Å². The van der Waals surface area contributed by atoms with E-state index in [2.05, 4.69) is 28.2 Å². The predicted octanol–water partition coefficient (Wildman–Crippen LogP) is 3.55. The fraction of sp³-hybridized carbons (Fsp3) is 0.421. The highest BCUT2D eigenvalue weighted by Crippen LogP contribution is 2.30. The molecule has 0 spiro atoms. The van der Waals surface area contributed by atoms with Crippen LogP contribution in [0.3, 0.4) is 0 Å². The molecule has 128 valence electrons. The monoisotopic (exact) mass is 329 g/mol. The van der Waals surface area contributed by atoms with Crippen LogP contribution >= 0.6 is 0 Å². The van der Waals surface area contributed by atoms with Gasteiger partial charge >= 0.3 is 0 Å². The van der Waals surface area contributed by atoms with E-state index in [4.69, 9.17) is 4.74 Å². The van der Waals surface area contributed by atoms with Gasteiger partial charge in [-0.05, 0) is 43.5 Å². The smallest absolute Gasteiger partial charge is 0.142 e. The number of halogens is 1. The van der Waals surface area contributed by atoms with E-state index >= 15 is 0 Å². The van der Waals surface area contributed by atoms with E-state index in [1.807, 2.05) is 18.2 Å². The van der Waals surface area contributed by atoms with Crippen molar-refractivity contribution in [1.29, 1.82) is 0 Å². The van der Waals surface area contributed by atoms with E-state index in [1.165, 1.54) is 6.20 Å². The maximum Gasteiger partial charge on any atom is 0.142 e. The zero-order chi connectivity index (χ0) is 16.9. The Morgan fingerprint density at radius 1 is 1.33 bits per heavy atom. The summed E-state index contributed by atoms with van der Waals surface area (Å²) in [6.45, 7) is 3.99. The minimum absolute atomic E-state index is 0.0656. The zero-order valence-electron chi connectivity index (χ0n) is 14.2. The lowest BCUT2D eigenvalue weighted by molar-refractivity contribution is 0.380. The van der Waals surface area contributed by atoms with Gasteiger partial charge < -0.3 is 15.0 Å². The molecule has 0 amide bonds. The van der Waals surface area contributed by atoms with Crippen LogP contribution in [0, 0.1) is 5.82 Å². The average molecular weight is 329 g/mol. The Kier molecular flexibility index (Phi) is 5.30. The van der Waals surface area contributed by atoms with Crippen molar-refractivity contribution in [2.75, 3.05) is 25.1 Å². The van der Waals surface area contributed by atoms with Crippen LogP contribution in [0.15, 0.2) is 42.7 Å². The minimum atomic E-state index is -0.291. The SMILES string of the molecule is COc1ccccc1N1CCCC(NC(C)c2cncc(F)c2)C1. The van der Waals surface area contributed by atoms with Crippen LogP contribution in [-0.2, 0) is 0 Å². The van der Waals surface area contributed by atoms with Gasteiger partial charge in [0, 0.05) is 31.4 Å². The van der Waals surface area contributed by atoms with E-state index in [9.17, 15) is 4.39 Å². The summed E-state index contributed by atoms with van der Waals surface area (Å²) in [5, 5.41) is 3.61. The van der Waals surface area contributed by atoms with Crippen molar-refractivity contribution in [3.63, 3.8) is 0 Å². The average Bonchev–Trinajstić information content (AvgIpc) is 2.62. The van der Waals surface area contributed by atoms with Crippen LogP contribution in [0.2, 0.25) is 0 Å². The lowest BCUT2D eigenvalue weighted by atomic mass is 10.0. The van der Waals surface area contributed by atoms with Crippen LogP contribution in [0.5, 0.6) is 5.75 Å². The Morgan fingerprint density at radius 3 is 2.96 bits per heavy atom. The second-order valence-corrected chi connectivity index (χ2v) is 6.28. The summed E-state index contributed by atoms with van der Waals surface area (Å²) in [6, 6.07) is 10.1. The van der Waals surface area contributed by atoms with Crippen LogP contribution in [-0.4, -0.2) is 31.2 Å². The topological polar surface area (TPSA) is 37.4 Å². The largest absolute Gasteiger partial charge is 0.495 e. The highest BCUT2D eigenvalue weighted by atomic mass is 19.1. The molecule has 2 atom stereocenters. The van der Waals surface area contributed by atoms with Crippen molar-refractivity contribution in [1.82, 2.24) is 10.3 Å². The van der Waals surface area contributed by atoms with Gasteiger partial charge in [-0.25, -0.2) is 4.39 Å². The normalized spacial score (nSPS) is 19.1. The lowest BCUT2D eigenvalue weighted by Crippen LogP contribution is -2.46. The number of nitrogens with one attached hydrogen (secondary N) is 1. The minimum Gasteiger partial charge on any atom is -0.495 e. The quantitative estimate of drug-likeness (QED) is 0.910. The van der Waals surface area contributed by atoms with Crippen molar-refractivity contribution in [2.45, 2.75) is 31.8 Å². The first-order valence-corrected chi connectivity index (χ1v) is 8.42. The molecule has 1 aliphatic rings. The maximum absolute atomic E-state index is 13.4. The second-order valence-electron chi connectivity index (χ2n) is 6.28. The number of pyridine rings is 1. The number of ether oxygens (including phenoxy) is 1. The molecule has 0 saturated carbocycles. The summed E-state index contributed by atoms with van der Waals surface area (Å²) in [4.78, 5) is 6.30. The summed E-state index contributed by atoms with van der Waals surface area (Å²) in [6.07, 6.45) is 5.18. The predicted molar refractivity (Wildman–Crippen MR) is 94.0 cm³/mol. The summed E-state index contributed by atoms with van der Waals surface area (Å²) < 4.78 is 18.8. The number of nitrogens with zero attached hydrogens (tertiary/aromatic N) is 2. The third kappa shape index (κ3) is 3.85. The van der Waals surface area contributed by atoms with Crippen molar-refractivity contribution >= 4 is 5.69 Å². The van der Waals surface area contributed by atoms with Crippen LogP contribution < -0.4 is 15.0 Å². The van der Waals surface area contributed by atoms with Gasteiger partial charge in [0.15, 0.2) is 0 Å². The Morgan fingerprint density at radius 2 is 2.17 bits per heavy atom. The van der Waals surface area contributed by atoms with Gasteiger partial charge in [-0.15, -0.1) is 0 Å². The molecule has 0 bridgehead atoms. The molecule has 3 rings (SSSR count). The number of piperidine rings is 1. The number of aromatic nitrogens is 1. The van der Waals surface area contributed by atoms with Crippen LogP contribution in [0.4, 0.5) is 10.1 Å². The van der Waals surface area contributed by atoms with Gasteiger partial charge in [0.2, 0.25) is 0 Å². The molecule has 0 aliphatic carbocycles. The van der Waals surface area contributed by atoms with E-state index in [1.54, 1.807) is 19.4 Å². The van der Waals surface area contributed by atoms with Gasteiger partial charge in [-0.3, -0.25) is 4.98 Å². The number of hydrogen-bond acceptors (Lipinski definition) is 4. The van der Waals surface area contributed by atoms with Crippen molar-refractivity contribution in [2.24, 2.45) is 0 Å². The maximum atomic E-state index is 13.4. The highest BCUT2D eigenvalue weighted by molar-refractivity contribution is 5.58. The van der Waals surface area contributed by atoms with Gasteiger partial charge in [0.25, 0.3) is 0 Å². The number of anilines is 1. The molecule has 24 heavy (non-hydrogen) atoms. The number of para-hydroxylation sites is 2. The molecule has 2 heterocycles. The van der Waals surface area contributed by atoms with Gasteiger partial charge in [-0.2, -0.15) is 0 Å². The van der Waals surface area contributed by atoms with Crippen molar-refractivity contribution in [3.05, 3.63) is 54.1 Å². The first-order valence-electron chi connectivity index (χ1n) is 8.42. The third-order valence-electron chi connectivity index (χ3n) is 4.56. The molecule has 2 unspecified atom stereocenters. The van der Waals surface area contributed by atoms with Gasteiger partial charge in [0.05, 0.1) is 19.0 Å². The molecule has 1 aromatic carbocycles. The molecule has 1 saturated heterocycles. The Bertz CT molecular complexity index is 679. The summed E-state index contributed by atoms with van der Waals surface area (Å²) in [5.74, 6) is 0.612. The molecule has 2 aromatic rings. The zero-order valence-corrected chi connectivity index (χ0v) is 14.2. The molecule has 1 aliphatic heterocycles. The number of benzene rings is 1. The molecule has 0 radical (unpaired) electrons. The molecule has 1 fully saturated rings. The van der Waals surface area contributed by atoms with Gasteiger partial charge in [0.1, 0.15) is 11.6 Å². The first kappa shape index (κ1) is 16.7. The highest BCUT2D eigenvalue weighted by Gasteiger charge is 2.23. The molecule has 1 N–H and O–H groups in total.